The van der Waals surface area contributed by atoms with Gasteiger partial charge in [-0.25, -0.2) is 9.97 Å². The first kappa shape index (κ1) is 15.8. The van der Waals surface area contributed by atoms with E-state index in [1.54, 1.807) is 12.1 Å². The summed E-state index contributed by atoms with van der Waals surface area (Å²) in [6, 6.07) is 22.8. The van der Waals surface area contributed by atoms with Gasteiger partial charge in [-0.2, -0.15) is 0 Å². The molecule has 3 N–H and O–H groups in total. The summed E-state index contributed by atoms with van der Waals surface area (Å²) in [5.41, 5.74) is 10.1. The summed E-state index contributed by atoms with van der Waals surface area (Å²) in [5, 5.41) is 0. The molecule has 0 fully saturated rings. The van der Waals surface area contributed by atoms with Crippen molar-refractivity contribution in [3.05, 3.63) is 84.6 Å². The Hall–Kier alpha value is -3.73. The van der Waals surface area contributed by atoms with Gasteiger partial charge in [0, 0.05) is 22.9 Å². The summed E-state index contributed by atoms with van der Waals surface area (Å²) >= 11 is 0. The van der Waals surface area contributed by atoms with Gasteiger partial charge in [-0.1, -0.05) is 42.5 Å². The lowest BCUT2D eigenvalue weighted by molar-refractivity contribution is 0.100. The van der Waals surface area contributed by atoms with Crippen LogP contribution in [0.15, 0.2) is 79.0 Å². The number of amides is 1. The van der Waals surface area contributed by atoms with E-state index in [9.17, 15) is 4.79 Å². The summed E-state index contributed by atoms with van der Waals surface area (Å²) in [6.45, 7) is 0. The number of carbonyl (C=O) groups is 1. The fourth-order valence-corrected chi connectivity index (χ4v) is 2.74. The van der Waals surface area contributed by atoms with Crippen molar-refractivity contribution in [1.29, 1.82) is 0 Å². The number of nitrogens with one attached hydrogen (secondary N) is 1. The molecule has 2 aromatic heterocycles. The number of nitrogens with zero attached hydrogens (tertiary/aromatic N) is 2. The summed E-state index contributed by atoms with van der Waals surface area (Å²) in [7, 11) is 0. The summed E-state index contributed by atoms with van der Waals surface area (Å²) in [5.74, 6) is 0.197. The SMILES string of the molecule is NC(=O)c1ccc(-c2cc(-c3ccc[nH]3)nc(-c3ccccc3)n2)cc1. The van der Waals surface area contributed by atoms with Gasteiger partial charge in [-0.3, -0.25) is 4.79 Å². The summed E-state index contributed by atoms with van der Waals surface area (Å²) in [4.78, 5) is 23.9. The minimum Gasteiger partial charge on any atom is -0.366 e. The van der Waals surface area contributed by atoms with Crippen molar-refractivity contribution in [3.8, 4) is 34.0 Å². The van der Waals surface area contributed by atoms with Crippen molar-refractivity contribution in [2.75, 3.05) is 0 Å². The average molecular weight is 340 g/mol. The molecule has 0 spiro atoms. The first-order chi connectivity index (χ1) is 12.7. The quantitative estimate of drug-likeness (QED) is 0.591. The molecular formula is C21H16N4O. The van der Waals surface area contributed by atoms with Crippen LogP contribution in [0, 0.1) is 0 Å². The van der Waals surface area contributed by atoms with Crippen LogP contribution in [-0.4, -0.2) is 20.9 Å². The van der Waals surface area contributed by atoms with Crippen LogP contribution >= 0.6 is 0 Å². The van der Waals surface area contributed by atoms with Gasteiger partial charge in [-0.15, -0.1) is 0 Å². The second-order valence-corrected chi connectivity index (χ2v) is 5.85. The molecule has 5 heteroatoms. The number of H-pyrrole nitrogens is 1. The lowest BCUT2D eigenvalue weighted by Gasteiger charge is -2.08. The molecule has 2 aromatic carbocycles. The van der Waals surface area contributed by atoms with Crippen LogP contribution in [0.25, 0.3) is 34.0 Å². The molecule has 0 bridgehead atoms. The van der Waals surface area contributed by atoms with Gasteiger partial charge in [-0.05, 0) is 30.3 Å². The largest absolute Gasteiger partial charge is 0.366 e. The van der Waals surface area contributed by atoms with Gasteiger partial charge >= 0.3 is 0 Å². The van der Waals surface area contributed by atoms with E-state index in [1.165, 1.54) is 0 Å². The van der Waals surface area contributed by atoms with E-state index in [4.69, 9.17) is 15.7 Å². The highest BCUT2D eigenvalue weighted by Crippen LogP contribution is 2.26. The standard InChI is InChI=1S/C21H16N4O/c22-20(26)15-10-8-14(9-11-15)18-13-19(17-7-4-12-23-17)25-21(24-18)16-5-2-1-3-6-16/h1-13,23H,(H2,22,26). The average Bonchev–Trinajstić information content (AvgIpc) is 3.23. The molecule has 0 radical (unpaired) electrons. The molecule has 0 aliphatic carbocycles. The molecule has 0 aliphatic heterocycles. The number of primary amides is 1. The van der Waals surface area contributed by atoms with Gasteiger partial charge in [0.1, 0.15) is 0 Å². The molecular weight excluding hydrogens is 324 g/mol. The highest BCUT2D eigenvalue weighted by molar-refractivity contribution is 5.93. The van der Waals surface area contributed by atoms with Crippen LogP contribution < -0.4 is 5.73 Å². The highest BCUT2D eigenvalue weighted by atomic mass is 16.1. The third kappa shape index (κ3) is 3.10. The van der Waals surface area contributed by atoms with Crippen LogP contribution in [0.3, 0.4) is 0 Å². The molecule has 0 atom stereocenters. The molecule has 126 valence electrons. The van der Waals surface area contributed by atoms with E-state index in [0.29, 0.717) is 11.4 Å². The Bertz CT molecular complexity index is 1040. The van der Waals surface area contributed by atoms with E-state index in [2.05, 4.69) is 4.98 Å². The van der Waals surface area contributed by atoms with Gasteiger partial charge in [0.15, 0.2) is 5.82 Å². The maximum Gasteiger partial charge on any atom is 0.248 e. The number of hydrogen-bond donors (Lipinski definition) is 2. The molecule has 0 saturated carbocycles. The number of carbonyl (C=O) groups excluding carboxylic acids is 1. The zero-order chi connectivity index (χ0) is 17.9. The fraction of sp³-hybridized carbons (Fsp3) is 0. The first-order valence-corrected chi connectivity index (χ1v) is 8.19. The molecule has 4 aromatic rings. The fourth-order valence-electron chi connectivity index (χ4n) is 2.74. The summed E-state index contributed by atoms with van der Waals surface area (Å²) in [6.07, 6.45) is 1.86. The second-order valence-electron chi connectivity index (χ2n) is 5.85. The second kappa shape index (κ2) is 6.64. The van der Waals surface area contributed by atoms with Crippen LogP contribution in [0.4, 0.5) is 0 Å². The third-order valence-electron chi connectivity index (χ3n) is 4.10. The maximum atomic E-state index is 11.3. The molecule has 26 heavy (non-hydrogen) atoms. The number of rotatable bonds is 4. The molecule has 0 saturated heterocycles. The van der Waals surface area contributed by atoms with E-state index >= 15 is 0 Å². The van der Waals surface area contributed by atoms with E-state index in [1.807, 2.05) is 66.9 Å². The van der Waals surface area contributed by atoms with Crippen LogP contribution in [-0.2, 0) is 0 Å². The van der Waals surface area contributed by atoms with Crippen LogP contribution in [0.2, 0.25) is 0 Å². The lowest BCUT2D eigenvalue weighted by atomic mass is 10.1. The van der Waals surface area contributed by atoms with Crippen LogP contribution in [0.1, 0.15) is 10.4 Å². The minimum absolute atomic E-state index is 0.448. The van der Waals surface area contributed by atoms with Gasteiger partial charge in [0.2, 0.25) is 5.91 Å². The predicted octanol–water partition coefficient (Wildman–Crippen LogP) is 3.90. The van der Waals surface area contributed by atoms with E-state index < -0.39 is 5.91 Å². The van der Waals surface area contributed by atoms with Crippen molar-refractivity contribution in [1.82, 2.24) is 15.0 Å². The Kier molecular flexibility index (Phi) is 4.03. The van der Waals surface area contributed by atoms with Crippen molar-refractivity contribution >= 4 is 5.91 Å². The maximum absolute atomic E-state index is 11.3. The third-order valence-corrected chi connectivity index (χ3v) is 4.10. The van der Waals surface area contributed by atoms with Gasteiger partial charge in [0.25, 0.3) is 0 Å². The Morgan fingerprint density at radius 2 is 1.54 bits per heavy atom. The normalized spacial score (nSPS) is 10.6. The van der Waals surface area contributed by atoms with Gasteiger partial charge in [0.05, 0.1) is 17.1 Å². The molecule has 0 aliphatic rings. The molecule has 4 rings (SSSR count). The number of hydrogen-bond acceptors (Lipinski definition) is 3. The minimum atomic E-state index is -0.448. The van der Waals surface area contributed by atoms with Crippen molar-refractivity contribution < 1.29 is 4.79 Å². The van der Waals surface area contributed by atoms with Crippen molar-refractivity contribution in [3.63, 3.8) is 0 Å². The Morgan fingerprint density at radius 1 is 0.808 bits per heavy atom. The van der Waals surface area contributed by atoms with Crippen molar-refractivity contribution in [2.45, 2.75) is 0 Å². The molecule has 5 nitrogen and oxygen atoms in total. The Morgan fingerprint density at radius 3 is 2.19 bits per heavy atom. The zero-order valence-electron chi connectivity index (χ0n) is 13.9. The molecule has 1 amide bonds. The van der Waals surface area contributed by atoms with Crippen LogP contribution in [0.5, 0.6) is 0 Å². The molecule has 0 unspecified atom stereocenters. The highest BCUT2D eigenvalue weighted by Gasteiger charge is 2.11. The van der Waals surface area contributed by atoms with E-state index in [0.717, 1.165) is 28.2 Å². The monoisotopic (exact) mass is 340 g/mol. The van der Waals surface area contributed by atoms with E-state index in [-0.39, 0.29) is 0 Å². The van der Waals surface area contributed by atoms with Crippen molar-refractivity contribution in [2.24, 2.45) is 5.73 Å². The summed E-state index contributed by atoms with van der Waals surface area (Å²) < 4.78 is 0. The smallest absolute Gasteiger partial charge is 0.248 e. The Labute approximate surface area is 150 Å². The van der Waals surface area contributed by atoms with Gasteiger partial charge < -0.3 is 10.7 Å². The molecule has 2 heterocycles. The zero-order valence-corrected chi connectivity index (χ0v) is 13.9. The predicted molar refractivity (Wildman–Crippen MR) is 101 cm³/mol. The number of benzene rings is 2. The first-order valence-electron chi connectivity index (χ1n) is 8.19. The lowest BCUT2D eigenvalue weighted by Crippen LogP contribution is -2.10. The topological polar surface area (TPSA) is 84.7 Å². The number of aromatic nitrogens is 3. The Balaban J connectivity index is 1.86. The number of nitrogens with two attached hydrogens (primary N) is 1. The number of aromatic amines is 1.